The minimum Gasteiger partial charge on any atom is -0.302 e. The third-order valence-corrected chi connectivity index (χ3v) is 7.85. The van der Waals surface area contributed by atoms with Crippen molar-refractivity contribution in [2.24, 2.45) is 0 Å². The van der Waals surface area contributed by atoms with Crippen LogP contribution in [0.25, 0.3) is 0 Å². The Morgan fingerprint density at radius 1 is 0.806 bits per heavy atom. The molecule has 2 aromatic rings. The van der Waals surface area contributed by atoms with E-state index in [9.17, 15) is 18.0 Å². The van der Waals surface area contributed by atoms with Gasteiger partial charge in [0, 0.05) is 26.2 Å². The Kier molecular flexibility index (Phi) is 6.22. The van der Waals surface area contributed by atoms with E-state index in [0.29, 0.717) is 55.2 Å². The number of imide groups is 1. The molecule has 1 saturated heterocycles. The van der Waals surface area contributed by atoms with Crippen LogP contribution in [0.3, 0.4) is 0 Å². The van der Waals surface area contributed by atoms with Crippen LogP contribution in [0, 0.1) is 6.92 Å². The molecule has 2 heterocycles. The topological polar surface area (TPSA) is 78.0 Å². The largest absolute Gasteiger partial charge is 0.302 e. The quantitative estimate of drug-likeness (QED) is 0.643. The van der Waals surface area contributed by atoms with Crippen LogP contribution in [0.15, 0.2) is 53.4 Å². The number of amides is 2. The molecule has 0 atom stereocenters. The van der Waals surface area contributed by atoms with Crippen molar-refractivity contribution in [2.45, 2.75) is 24.7 Å². The Bertz CT molecular complexity index is 1050. The molecule has 0 unspecified atom stereocenters. The number of aryl methyl sites for hydroxylation is 1. The second-order valence-electron chi connectivity index (χ2n) is 8.07. The van der Waals surface area contributed by atoms with E-state index in [1.807, 2.05) is 19.1 Å². The number of rotatable bonds is 6. The molecule has 0 aliphatic carbocycles. The lowest BCUT2D eigenvalue weighted by Crippen LogP contribution is -2.36. The summed E-state index contributed by atoms with van der Waals surface area (Å²) in [6.45, 7) is 5.37. The van der Waals surface area contributed by atoms with Gasteiger partial charge in [0.15, 0.2) is 0 Å². The van der Waals surface area contributed by atoms with E-state index in [4.69, 9.17) is 0 Å². The normalized spacial score (nSPS) is 18.3. The second kappa shape index (κ2) is 8.90. The molecule has 2 aliphatic rings. The van der Waals surface area contributed by atoms with E-state index >= 15 is 0 Å². The molecular formula is C23H27N3O4S. The molecule has 0 bridgehead atoms. The molecule has 1 fully saturated rings. The summed E-state index contributed by atoms with van der Waals surface area (Å²) in [4.78, 5) is 28.8. The summed E-state index contributed by atoms with van der Waals surface area (Å²) >= 11 is 0. The third-order valence-electron chi connectivity index (χ3n) is 5.94. The van der Waals surface area contributed by atoms with Gasteiger partial charge in [-0.05, 0) is 57.1 Å². The highest BCUT2D eigenvalue weighted by Gasteiger charge is 2.34. The van der Waals surface area contributed by atoms with Gasteiger partial charge in [-0.15, -0.1) is 0 Å². The van der Waals surface area contributed by atoms with E-state index in [-0.39, 0.29) is 11.8 Å². The van der Waals surface area contributed by atoms with Crippen molar-refractivity contribution in [3.05, 3.63) is 65.2 Å². The van der Waals surface area contributed by atoms with Crippen LogP contribution in [0.4, 0.5) is 0 Å². The first kappa shape index (κ1) is 21.7. The van der Waals surface area contributed by atoms with E-state index in [0.717, 1.165) is 18.5 Å². The molecule has 0 N–H and O–H groups in total. The van der Waals surface area contributed by atoms with Gasteiger partial charge in [0.1, 0.15) is 0 Å². The molecule has 0 spiro atoms. The fourth-order valence-electron chi connectivity index (χ4n) is 4.17. The molecule has 31 heavy (non-hydrogen) atoms. The highest BCUT2D eigenvalue weighted by atomic mass is 32.2. The Morgan fingerprint density at radius 2 is 1.45 bits per heavy atom. The smallest absolute Gasteiger partial charge is 0.261 e. The highest BCUT2D eigenvalue weighted by molar-refractivity contribution is 7.89. The van der Waals surface area contributed by atoms with Crippen LogP contribution < -0.4 is 0 Å². The Hall–Kier alpha value is -2.55. The number of benzene rings is 2. The van der Waals surface area contributed by atoms with Crippen LogP contribution in [0.1, 0.15) is 39.1 Å². The van der Waals surface area contributed by atoms with Gasteiger partial charge in [0.05, 0.1) is 16.0 Å². The number of carbonyl (C=O) groups excluding carboxylic acids is 2. The van der Waals surface area contributed by atoms with Crippen molar-refractivity contribution in [3.63, 3.8) is 0 Å². The Morgan fingerprint density at radius 3 is 2.10 bits per heavy atom. The molecule has 2 amide bonds. The molecule has 2 aromatic carbocycles. The van der Waals surface area contributed by atoms with Gasteiger partial charge in [0.25, 0.3) is 11.8 Å². The molecule has 0 radical (unpaired) electrons. The minimum absolute atomic E-state index is 0.230. The number of carbonyl (C=O) groups is 2. The summed E-state index contributed by atoms with van der Waals surface area (Å²) in [6.07, 6.45) is 1.41. The third kappa shape index (κ3) is 4.42. The van der Waals surface area contributed by atoms with Crippen LogP contribution >= 0.6 is 0 Å². The van der Waals surface area contributed by atoms with Gasteiger partial charge in [-0.3, -0.25) is 14.5 Å². The molecule has 0 aromatic heterocycles. The lowest BCUT2D eigenvalue weighted by molar-refractivity contribution is 0.0647. The zero-order valence-corrected chi connectivity index (χ0v) is 18.5. The molecule has 0 saturated carbocycles. The first-order valence-electron chi connectivity index (χ1n) is 10.6. The summed E-state index contributed by atoms with van der Waals surface area (Å²) in [5.41, 5.74) is 1.97. The first-order valence-corrected chi connectivity index (χ1v) is 12.1. The monoisotopic (exact) mass is 441 g/mol. The van der Waals surface area contributed by atoms with Gasteiger partial charge in [-0.2, -0.15) is 4.31 Å². The molecule has 4 rings (SSSR count). The summed E-state index contributed by atoms with van der Waals surface area (Å²) in [7, 11) is -3.50. The van der Waals surface area contributed by atoms with Crippen molar-refractivity contribution < 1.29 is 18.0 Å². The molecule has 7 nitrogen and oxygen atoms in total. The SMILES string of the molecule is Cc1ccc(S(=O)(=O)N2CCCN(CCCN3C(=O)c4ccccc4C3=O)CC2)cc1. The van der Waals surface area contributed by atoms with Crippen molar-refractivity contribution in [2.75, 3.05) is 39.3 Å². The van der Waals surface area contributed by atoms with Gasteiger partial charge < -0.3 is 4.90 Å². The average Bonchev–Trinajstić information content (AvgIpc) is 2.92. The number of hydrogen-bond donors (Lipinski definition) is 0. The molecule has 164 valence electrons. The highest BCUT2D eigenvalue weighted by Crippen LogP contribution is 2.23. The van der Waals surface area contributed by atoms with E-state index in [2.05, 4.69) is 4.90 Å². The Labute approximate surface area is 183 Å². The lowest BCUT2D eigenvalue weighted by atomic mass is 10.1. The second-order valence-corrected chi connectivity index (χ2v) is 10.0. The van der Waals surface area contributed by atoms with Crippen LogP contribution in [-0.4, -0.2) is 73.6 Å². The van der Waals surface area contributed by atoms with Gasteiger partial charge >= 0.3 is 0 Å². The standard InChI is InChI=1S/C23H27N3O4S/c1-18-8-10-19(11-9-18)31(29,30)25-14-4-12-24(16-17-25)13-5-15-26-22(27)20-6-2-3-7-21(20)23(26)28/h2-3,6-11H,4-5,12-17H2,1H3. The van der Waals surface area contributed by atoms with Gasteiger partial charge in [0.2, 0.25) is 10.0 Å². The molecule has 2 aliphatic heterocycles. The first-order chi connectivity index (χ1) is 14.9. The van der Waals surface area contributed by atoms with Crippen molar-refractivity contribution >= 4 is 21.8 Å². The number of hydrogen-bond acceptors (Lipinski definition) is 5. The lowest BCUT2D eigenvalue weighted by Gasteiger charge is -2.22. The summed E-state index contributed by atoms with van der Waals surface area (Å²) in [6, 6.07) is 13.9. The molecule has 8 heteroatoms. The number of nitrogens with zero attached hydrogens (tertiary/aromatic N) is 3. The number of sulfonamides is 1. The minimum atomic E-state index is -3.50. The zero-order valence-electron chi connectivity index (χ0n) is 17.7. The van der Waals surface area contributed by atoms with Gasteiger partial charge in [-0.1, -0.05) is 29.8 Å². The van der Waals surface area contributed by atoms with E-state index in [1.54, 1.807) is 40.7 Å². The maximum absolute atomic E-state index is 13.0. The summed E-state index contributed by atoms with van der Waals surface area (Å²) in [5.74, 6) is -0.460. The van der Waals surface area contributed by atoms with E-state index < -0.39 is 10.0 Å². The fourth-order valence-corrected chi connectivity index (χ4v) is 5.63. The van der Waals surface area contributed by atoms with E-state index in [1.165, 1.54) is 4.90 Å². The van der Waals surface area contributed by atoms with Crippen LogP contribution in [0.2, 0.25) is 0 Å². The number of fused-ring (bicyclic) bond motifs is 1. The van der Waals surface area contributed by atoms with Crippen LogP contribution in [-0.2, 0) is 10.0 Å². The van der Waals surface area contributed by atoms with Crippen molar-refractivity contribution in [1.82, 2.24) is 14.1 Å². The Balaban J connectivity index is 1.31. The zero-order chi connectivity index (χ0) is 22.0. The predicted octanol–water partition coefficient (Wildman–Crippen LogP) is 2.38. The molecular weight excluding hydrogens is 414 g/mol. The van der Waals surface area contributed by atoms with Crippen LogP contribution in [0.5, 0.6) is 0 Å². The fraction of sp³-hybridized carbons (Fsp3) is 0.391. The average molecular weight is 442 g/mol. The van der Waals surface area contributed by atoms with Crippen molar-refractivity contribution in [1.29, 1.82) is 0 Å². The summed E-state index contributed by atoms with van der Waals surface area (Å²) < 4.78 is 27.5. The predicted molar refractivity (Wildman–Crippen MR) is 117 cm³/mol. The maximum atomic E-state index is 13.0. The summed E-state index contributed by atoms with van der Waals surface area (Å²) in [5, 5.41) is 0. The maximum Gasteiger partial charge on any atom is 0.261 e. The van der Waals surface area contributed by atoms with Gasteiger partial charge in [-0.25, -0.2) is 8.42 Å². The van der Waals surface area contributed by atoms with Crippen molar-refractivity contribution in [3.8, 4) is 0 Å².